The molecule has 4 nitrogen and oxygen atoms in total. The van der Waals surface area contributed by atoms with E-state index >= 15 is 0 Å². The first-order chi connectivity index (χ1) is 9.20. The van der Waals surface area contributed by atoms with Crippen LogP contribution < -0.4 is 5.56 Å². The first kappa shape index (κ1) is 15.1. The smallest absolute Gasteiger partial charge is 0.265 e. The molecule has 1 N–H and O–H groups in total. The van der Waals surface area contributed by atoms with Crippen molar-refractivity contribution in [1.29, 1.82) is 0 Å². The van der Waals surface area contributed by atoms with Crippen LogP contribution in [0.2, 0.25) is 0 Å². The fourth-order valence-corrected chi connectivity index (χ4v) is 3.79. The van der Waals surface area contributed by atoms with Crippen molar-refractivity contribution in [3.8, 4) is 0 Å². The Bertz CT molecular complexity index is 472. The molecule has 19 heavy (non-hydrogen) atoms. The number of aromatic nitrogens is 2. The number of halogens is 1. The lowest BCUT2D eigenvalue weighted by Gasteiger charge is -2.20. The molecule has 1 aromatic heterocycles. The number of nitrogens with zero attached hydrogens (tertiary/aromatic N) is 1. The van der Waals surface area contributed by atoms with Crippen LogP contribution in [-0.2, 0) is 17.1 Å². The number of methoxy groups -OCH3 is 1. The molecule has 1 aliphatic carbocycles. The summed E-state index contributed by atoms with van der Waals surface area (Å²) in [6.07, 6.45) is 6.60. The summed E-state index contributed by atoms with van der Waals surface area (Å²) in [5.41, 5.74) is 0.548. The van der Waals surface area contributed by atoms with E-state index in [2.05, 4.69) is 25.9 Å². The second kappa shape index (κ2) is 7.45. The average Bonchev–Trinajstić information content (AvgIpc) is 2.43. The third-order valence-corrected chi connectivity index (χ3v) is 5.47. The molecule has 0 unspecified atom stereocenters. The SMILES string of the molecule is COCc1nc(CSC2CCCCC2)[nH]c(=O)c1Br. The van der Waals surface area contributed by atoms with Gasteiger partial charge in [0.1, 0.15) is 10.3 Å². The first-order valence-electron chi connectivity index (χ1n) is 6.59. The Balaban J connectivity index is 2.01. The molecule has 2 rings (SSSR count). The molecule has 0 aromatic carbocycles. The number of nitrogens with one attached hydrogen (secondary N) is 1. The molecule has 1 fully saturated rings. The van der Waals surface area contributed by atoms with Crippen molar-refractivity contribution in [2.24, 2.45) is 0 Å². The number of hydrogen-bond donors (Lipinski definition) is 1. The van der Waals surface area contributed by atoms with Crippen LogP contribution >= 0.6 is 27.7 Å². The maximum atomic E-state index is 11.8. The summed E-state index contributed by atoms with van der Waals surface area (Å²) in [5, 5.41) is 0.716. The summed E-state index contributed by atoms with van der Waals surface area (Å²) in [6, 6.07) is 0. The van der Waals surface area contributed by atoms with Crippen LogP contribution in [0.1, 0.15) is 43.6 Å². The van der Waals surface area contributed by atoms with Gasteiger partial charge in [0, 0.05) is 12.4 Å². The highest BCUT2D eigenvalue weighted by Crippen LogP contribution is 2.29. The van der Waals surface area contributed by atoms with Crippen molar-refractivity contribution < 1.29 is 4.74 Å². The van der Waals surface area contributed by atoms with Gasteiger partial charge in [-0.25, -0.2) is 4.98 Å². The standard InChI is InChI=1S/C13H19BrN2O2S/c1-18-7-10-12(14)13(17)16-11(15-10)8-19-9-5-3-2-4-6-9/h9H,2-8H2,1H3,(H,15,16,17). The van der Waals surface area contributed by atoms with E-state index in [1.54, 1.807) is 7.11 Å². The molecule has 0 amide bonds. The van der Waals surface area contributed by atoms with E-state index in [1.807, 2.05) is 11.8 Å². The van der Waals surface area contributed by atoms with Gasteiger partial charge in [-0.2, -0.15) is 11.8 Å². The summed E-state index contributed by atoms with van der Waals surface area (Å²) in [4.78, 5) is 19.1. The predicted molar refractivity (Wildman–Crippen MR) is 81.4 cm³/mol. The highest BCUT2D eigenvalue weighted by atomic mass is 79.9. The highest BCUT2D eigenvalue weighted by Gasteiger charge is 2.15. The van der Waals surface area contributed by atoms with Crippen LogP contribution in [0.4, 0.5) is 0 Å². The zero-order chi connectivity index (χ0) is 13.7. The third kappa shape index (κ3) is 4.33. The Morgan fingerprint density at radius 3 is 2.84 bits per heavy atom. The number of aromatic amines is 1. The van der Waals surface area contributed by atoms with E-state index in [4.69, 9.17) is 4.74 Å². The molecule has 0 bridgehead atoms. The van der Waals surface area contributed by atoms with Gasteiger partial charge in [0.2, 0.25) is 0 Å². The Morgan fingerprint density at radius 1 is 1.42 bits per heavy atom. The minimum atomic E-state index is -0.124. The highest BCUT2D eigenvalue weighted by molar-refractivity contribution is 9.10. The molecule has 106 valence electrons. The largest absolute Gasteiger partial charge is 0.378 e. The monoisotopic (exact) mass is 346 g/mol. The minimum Gasteiger partial charge on any atom is -0.378 e. The fraction of sp³-hybridized carbons (Fsp3) is 0.692. The topological polar surface area (TPSA) is 55.0 Å². The number of hydrogen-bond acceptors (Lipinski definition) is 4. The van der Waals surface area contributed by atoms with E-state index in [-0.39, 0.29) is 5.56 Å². The van der Waals surface area contributed by atoms with E-state index in [0.717, 1.165) is 11.6 Å². The summed E-state index contributed by atoms with van der Waals surface area (Å²) >= 11 is 5.15. The van der Waals surface area contributed by atoms with Crippen LogP contribution in [-0.4, -0.2) is 22.3 Å². The van der Waals surface area contributed by atoms with Crippen molar-refractivity contribution in [3.63, 3.8) is 0 Å². The van der Waals surface area contributed by atoms with Gasteiger partial charge in [-0.05, 0) is 28.8 Å². The van der Waals surface area contributed by atoms with Gasteiger partial charge in [0.15, 0.2) is 0 Å². The van der Waals surface area contributed by atoms with E-state index < -0.39 is 0 Å². The van der Waals surface area contributed by atoms with E-state index in [0.29, 0.717) is 22.0 Å². The molecule has 0 spiro atoms. The van der Waals surface area contributed by atoms with E-state index in [9.17, 15) is 4.79 Å². The van der Waals surface area contributed by atoms with Crippen LogP contribution in [0.5, 0.6) is 0 Å². The molecule has 0 aliphatic heterocycles. The fourth-order valence-electron chi connectivity index (χ4n) is 2.29. The van der Waals surface area contributed by atoms with Gasteiger partial charge in [-0.1, -0.05) is 19.3 Å². The van der Waals surface area contributed by atoms with Crippen molar-refractivity contribution >= 4 is 27.7 Å². The Morgan fingerprint density at radius 2 is 2.16 bits per heavy atom. The maximum Gasteiger partial charge on any atom is 0.265 e. The van der Waals surface area contributed by atoms with Crippen LogP contribution in [0.25, 0.3) is 0 Å². The lowest BCUT2D eigenvalue weighted by atomic mass is 10.0. The Kier molecular flexibility index (Phi) is 5.91. The van der Waals surface area contributed by atoms with Crippen LogP contribution in [0.15, 0.2) is 9.27 Å². The molecular formula is C13H19BrN2O2S. The lowest BCUT2D eigenvalue weighted by Crippen LogP contribution is -2.16. The lowest BCUT2D eigenvalue weighted by molar-refractivity contribution is 0.180. The van der Waals surface area contributed by atoms with Gasteiger partial charge >= 0.3 is 0 Å². The quantitative estimate of drug-likeness (QED) is 0.888. The number of rotatable bonds is 5. The predicted octanol–water partition coefficient (Wildman–Crippen LogP) is 3.24. The van der Waals surface area contributed by atoms with Gasteiger partial charge in [0.05, 0.1) is 18.1 Å². The number of thioether (sulfide) groups is 1. The van der Waals surface area contributed by atoms with Crippen LogP contribution in [0.3, 0.4) is 0 Å². The van der Waals surface area contributed by atoms with Gasteiger partial charge in [-0.15, -0.1) is 0 Å². The molecular weight excluding hydrogens is 328 g/mol. The van der Waals surface area contributed by atoms with Crippen molar-refractivity contribution in [1.82, 2.24) is 9.97 Å². The molecule has 0 radical (unpaired) electrons. The molecule has 1 saturated carbocycles. The zero-order valence-corrected chi connectivity index (χ0v) is 13.5. The van der Waals surface area contributed by atoms with Crippen molar-refractivity contribution in [2.45, 2.75) is 49.7 Å². The third-order valence-electron chi connectivity index (χ3n) is 3.27. The second-order valence-corrected chi connectivity index (χ2v) is 6.86. The van der Waals surface area contributed by atoms with Gasteiger partial charge in [0.25, 0.3) is 5.56 Å². The summed E-state index contributed by atoms with van der Waals surface area (Å²) in [6.45, 7) is 0.353. The number of H-pyrrole nitrogens is 1. The average molecular weight is 347 g/mol. The second-order valence-electron chi connectivity index (χ2n) is 4.78. The van der Waals surface area contributed by atoms with Crippen molar-refractivity contribution in [2.75, 3.05) is 7.11 Å². The summed E-state index contributed by atoms with van der Waals surface area (Å²) in [7, 11) is 1.60. The Labute approximate surface area is 125 Å². The molecule has 0 saturated heterocycles. The molecule has 1 aromatic rings. The van der Waals surface area contributed by atoms with Gasteiger partial charge < -0.3 is 9.72 Å². The normalized spacial score (nSPS) is 16.7. The molecule has 0 atom stereocenters. The summed E-state index contributed by atoms with van der Waals surface area (Å²) < 4.78 is 5.53. The first-order valence-corrected chi connectivity index (χ1v) is 8.43. The Hall–Kier alpha value is -0.330. The van der Waals surface area contributed by atoms with Gasteiger partial charge in [-0.3, -0.25) is 4.79 Å². The van der Waals surface area contributed by atoms with Crippen molar-refractivity contribution in [3.05, 3.63) is 26.3 Å². The van der Waals surface area contributed by atoms with E-state index in [1.165, 1.54) is 32.1 Å². The minimum absolute atomic E-state index is 0.124. The summed E-state index contributed by atoms with van der Waals surface area (Å²) in [5.74, 6) is 1.51. The molecule has 1 heterocycles. The molecule has 1 aliphatic rings. The number of ether oxygens (including phenoxy) is 1. The molecule has 6 heteroatoms. The zero-order valence-electron chi connectivity index (χ0n) is 11.1. The maximum absolute atomic E-state index is 11.8. The van der Waals surface area contributed by atoms with Crippen LogP contribution in [0, 0.1) is 0 Å².